The zero-order chi connectivity index (χ0) is 22.7. The summed E-state index contributed by atoms with van der Waals surface area (Å²) in [5.41, 5.74) is 3.89. The van der Waals surface area contributed by atoms with Crippen molar-refractivity contribution in [1.29, 1.82) is 0 Å². The molecule has 0 saturated carbocycles. The molecule has 1 aliphatic heterocycles. The molecule has 8 heteroatoms. The summed E-state index contributed by atoms with van der Waals surface area (Å²) in [5.74, 6) is 3.57. The summed E-state index contributed by atoms with van der Waals surface area (Å²) in [6.45, 7) is 0.856. The third-order valence-electron chi connectivity index (χ3n) is 5.45. The Morgan fingerprint density at radius 2 is 1.59 bits per heavy atom. The first-order valence-electron chi connectivity index (χ1n) is 10.8. The largest absolute Gasteiger partial charge is 0.454 e. The van der Waals surface area contributed by atoms with Crippen molar-refractivity contribution < 1.29 is 13.9 Å². The van der Waals surface area contributed by atoms with E-state index >= 15 is 0 Å². The van der Waals surface area contributed by atoms with Crippen LogP contribution in [0.1, 0.15) is 11.3 Å². The van der Waals surface area contributed by atoms with E-state index in [0.717, 1.165) is 44.9 Å². The van der Waals surface area contributed by atoms with E-state index in [1.54, 1.807) is 18.0 Å². The second-order valence-electron chi connectivity index (χ2n) is 7.74. The Balaban J connectivity index is 1.27. The summed E-state index contributed by atoms with van der Waals surface area (Å²) < 4.78 is 18.8. The van der Waals surface area contributed by atoms with Gasteiger partial charge in [0.05, 0.1) is 12.2 Å². The first-order valence-corrected chi connectivity index (χ1v) is 11.8. The fourth-order valence-corrected chi connectivity index (χ4v) is 4.60. The van der Waals surface area contributed by atoms with Gasteiger partial charge in [0.25, 0.3) is 0 Å². The van der Waals surface area contributed by atoms with Crippen LogP contribution in [-0.4, -0.2) is 26.5 Å². The maximum absolute atomic E-state index is 5.69. The number of hydrogen-bond donors (Lipinski definition) is 0. The summed E-state index contributed by atoms with van der Waals surface area (Å²) in [7, 11) is 0. The van der Waals surface area contributed by atoms with Crippen LogP contribution in [0.3, 0.4) is 0 Å². The molecule has 2 aromatic heterocycles. The van der Waals surface area contributed by atoms with Gasteiger partial charge in [-0.15, -0.1) is 10.2 Å². The average molecular weight is 469 g/mol. The molecule has 1 aliphatic rings. The zero-order valence-electron chi connectivity index (χ0n) is 18.1. The predicted molar refractivity (Wildman–Crippen MR) is 129 cm³/mol. The highest BCUT2D eigenvalue weighted by Gasteiger charge is 2.18. The average Bonchev–Trinajstić information content (AvgIpc) is 3.64. The van der Waals surface area contributed by atoms with Gasteiger partial charge in [0.2, 0.25) is 12.7 Å². The summed E-state index contributed by atoms with van der Waals surface area (Å²) >= 11 is 1.58. The van der Waals surface area contributed by atoms with E-state index in [-0.39, 0.29) is 6.79 Å². The molecule has 0 fully saturated rings. The van der Waals surface area contributed by atoms with Crippen molar-refractivity contribution in [2.24, 2.45) is 0 Å². The monoisotopic (exact) mass is 468 g/mol. The number of ether oxygens (including phenoxy) is 2. The van der Waals surface area contributed by atoms with Crippen molar-refractivity contribution in [3.8, 4) is 34.3 Å². The molecule has 7 nitrogen and oxygen atoms in total. The van der Waals surface area contributed by atoms with E-state index in [0.29, 0.717) is 18.2 Å². The third-order valence-corrected chi connectivity index (χ3v) is 6.45. The van der Waals surface area contributed by atoms with Gasteiger partial charge < -0.3 is 13.9 Å². The van der Waals surface area contributed by atoms with Gasteiger partial charge in [-0.25, -0.2) is 4.98 Å². The van der Waals surface area contributed by atoms with Crippen LogP contribution in [0.2, 0.25) is 0 Å². The lowest BCUT2D eigenvalue weighted by atomic mass is 10.2. The first kappa shape index (κ1) is 20.6. The molecule has 0 spiro atoms. The molecule has 0 unspecified atom stereocenters. The zero-order valence-corrected chi connectivity index (χ0v) is 18.9. The molecule has 0 atom stereocenters. The minimum Gasteiger partial charge on any atom is -0.454 e. The molecule has 3 aromatic carbocycles. The fraction of sp³-hybridized carbons (Fsp3) is 0.115. The molecule has 0 N–H and O–H groups in total. The molecule has 0 amide bonds. The molecule has 0 bridgehead atoms. The van der Waals surface area contributed by atoms with Gasteiger partial charge in [0, 0.05) is 16.9 Å². The summed E-state index contributed by atoms with van der Waals surface area (Å²) in [5, 5.41) is 9.82. The van der Waals surface area contributed by atoms with Gasteiger partial charge in [0.15, 0.2) is 22.5 Å². The van der Waals surface area contributed by atoms with Gasteiger partial charge in [-0.1, -0.05) is 66.4 Å². The molecule has 0 aliphatic carbocycles. The van der Waals surface area contributed by atoms with Crippen LogP contribution < -0.4 is 9.47 Å². The Hall–Kier alpha value is -4.04. The van der Waals surface area contributed by atoms with E-state index < -0.39 is 0 Å². The van der Waals surface area contributed by atoms with E-state index in [1.807, 2.05) is 78.9 Å². The molecule has 5 aromatic rings. The highest BCUT2D eigenvalue weighted by Crippen LogP contribution is 2.34. The van der Waals surface area contributed by atoms with Crippen LogP contribution in [0, 0.1) is 0 Å². The van der Waals surface area contributed by atoms with Gasteiger partial charge in [-0.2, -0.15) is 0 Å². The van der Waals surface area contributed by atoms with Crippen molar-refractivity contribution in [3.05, 3.63) is 96.4 Å². The molecule has 34 heavy (non-hydrogen) atoms. The van der Waals surface area contributed by atoms with E-state index in [2.05, 4.69) is 19.7 Å². The van der Waals surface area contributed by atoms with Crippen molar-refractivity contribution in [1.82, 2.24) is 19.7 Å². The highest BCUT2D eigenvalue weighted by atomic mass is 32.2. The van der Waals surface area contributed by atoms with Crippen molar-refractivity contribution in [2.75, 3.05) is 6.79 Å². The van der Waals surface area contributed by atoms with E-state index in [4.69, 9.17) is 13.9 Å². The minimum atomic E-state index is 0.254. The lowest BCUT2D eigenvalue weighted by Gasteiger charge is -2.11. The van der Waals surface area contributed by atoms with E-state index in [9.17, 15) is 0 Å². The van der Waals surface area contributed by atoms with Gasteiger partial charge in [-0.3, -0.25) is 4.57 Å². The van der Waals surface area contributed by atoms with Crippen LogP contribution >= 0.6 is 11.8 Å². The molecule has 168 valence electrons. The van der Waals surface area contributed by atoms with Crippen LogP contribution in [0.5, 0.6) is 11.5 Å². The third kappa shape index (κ3) is 4.15. The van der Waals surface area contributed by atoms with Crippen LogP contribution in [0.4, 0.5) is 0 Å². The van der Waals surface area contributed by atoms with Crippen molar-refractivity contribution >= 4 is 11.8 Å². The molecule has 6 rings (SSSR count). The Morgan fingerprint density at radius 3 is 2.41 bits per heavy atom. The molecular weight excluding hydrogens is 448 g/mol. The normalized spacial score (nSPS) is 12.2. The van der Waals surface area contributed by atoms with Crippen molar-refractivity contribution in [3.63, 3.8) is 0 Å². The number of aromatic nitrogens is 4. The van der Waals surface area contributed by atoms with Gasteiger partial charge in [-0.05, 0) is 29.8 Å². The number of hydrogen-bond acceptors (Lipinski definition) is 7. The topological polar surface area (TPSA) is 75.2 Å². The standard InChI is InChI=1S/C26H20N4O3S/c1-3-7-19(8-4-1)24-28-29-26(30(24)14-18-11-12-22-23(13-18)33-17-32-22)34-16-21-15-31-25(27-21)20-9-5-2-6-10-20/h1-13,15H,14,16-17H2. The van der Waals surface area contributed by atoms with E-state index in [1.165, 1.54) is 0 Å². The quantitative estimate of drug-likeness (QED) is 0.285. The number of benzene rings is 3. The van der Waals surface area contributed by atoms with Crippen LogP contribution in [0.25, 0.3) is 22.8 Å². The maximum Gasteiger partial charge on any atom is 0.231 e. The number of fused-ring (bicyclic) bond motifs is 1. The number of oxazole rings is 1. The lowest BCUT2D eigenvalue weighted by Crippen LogP contribution is -2.04. The Kier molecular flexibility index (Phi) is 5.48. The number of nitrogens with zero attached hydrogens (tertiary/aromatic N) is 4. The van der Waals surface area contributed by atoms with Crippen LogP contribution in [0.15, 0.2) is 94.7 Å². The maximum atomic E-state index is 5.69. The minimum absolute atomic E-state index is 0.254. The Bertz CT molecular complexity index is 1420. The summed E-state index contributed by atoms with van der Waals surface area (Å²) in [6, 6.07) is 25.9. The number of thioether (sulfide) groups is 1. The molecule has 0 radical (unpaired) electrons. The molecular formula is C26H20N4O3S. The predicted octanol–water partition coefficient (Wildman–Crippen LogP) is 5.67. The second-order valence-corrected chi connectivity index (χ2v) is 8.69. The van der Waals surface area contributed by atoms with Gasteiger partial charge in [0.1, 0.15) is 6.26 Å². The lowest BCUT2D eigenvalue weighted by molar-refractivity contribution is 0.174. The highest BCUT2D eigenvalue weighted by molar-refractivity contribution is 7.98. The smallest absolute Gasteiger partial charge is 0.231 e. The first-order chi connectivity index (χ1) is 16.8. The SMILES string of the molecule is c1ccc(-c2nc(CSc3nnc(-c4ccccc4)n3Cc3ccc4c(c3)OCO4)co2)cc1. The Labute approximate surface area is 200 Å². The fourth-order valence-electron chi connectivity index (χ4n) is 3.79. The molecule has 3 heterocycles. The van der Waals surface area contributed by atoms with Crippen molar-refractivity contribution in [2.45, 2.75) is 17.5 Å². The second kappa shape index (κ2) is 9.07. The Morgan fingerprint density at radius 1 is 0.824 bits per heavy atom. The summed E-state index contributed by atoms with van der Waals surface area (Å²) in [6.07, 6.45) is 1.70. The molecule has 0 saturated heterocycles. The van der Waals surface area contributed by atoms with Gasteiger partial charge >= 0.3 is 0 Å². The number of rotatable bonds is 7. The summed E-state index contributed by atoms with van der Waals surface area (Å²) in [4.78, 5) is 4.64. The van der Waals surface area contributed by atoms with Crippen LogP contribution in [-0.2, 0) is 12.3 Å².